The van der Waals surface area contributed by atoms with Crippen molar-refractivity contribution in [2.45, 2.75) is 0 Å². The van der Waals surface area contributed by atoms with Crippen LogP contribution in [0.15, 0.2) is 42.5 Å². The van der Waals surface area contributed by atoms with Gasteiger partial charge in [0.1, 0.15) is 5.82 Å². The minimum absolute atomic E-state index is 0.290. The Bertz CT molecular complexity index is 641. The Balaban J connectivity index is 2.60. The van der Waals surface area contributed by atoms with E-state index in [1.165, 1.54) is 0 Å². The molecule has 0 saturated carbocycles. The first-order valence-electron chi connectivity index (χ1n) is 4.75. The van der Waals surface area contributed by atoms with Crippen molar-refractivity contribution in [1.82, 2.24) is 0 Å². The van der Waals surface area contributed by atoms with Gasteiger partial charge in [0.05, 0.1) is 0 Å². The molecule has 15 heavy (non-hydrogen) atoms. The first-order valence-corrected chi connectivity index (χ1v) is 4.75. The number of halogens is 1. The van der Waals surface area contributed by atoms with E-state index in [1.54, 1.807) is 12.1 Å². The zero-order chi connectivity index (χ0) is 10.3. The molecule has 0 nitrogen and oxygen atoms in total. The van der Waals surface area contributed by atoms with Crippen LogP contribution in [-0.4, -0.2) is 0 Å². The van der Waals surface area contributed by atoms with Crippen LogP contribution >= 0.6 is 0 Å². The molecule has 0 amide bonds. The lowest BCUT2D eigenvalue weighted by Crippen LogP contribution is -1.81. The standard InChI is InChI=1S/C14H7F/c15-14-7-3-6-12-11-5-2-1-4-10(11)8-9-13(12)14/h2-6,8-9H. The molecule has 0 spiro atoms. The van der Waals surface area contributed by atoms with Gasteiger partial charge in [-0.1, -0.05) is 36.4 Å². The summed E-state index contributed by atoms with van der Waals surface area (Å²) in [5.41, 5.74) is 0. The third-order valence-electron chi connectivity index (χ3n) is 2.60. The van der Waals surface area contributed by atoms with Gasteiger partial charge in [-0.05, 0) is 28.3 Å². The molecule has 0 fully saturated rings. The molecule has 0 unspecified atom stereocenters. The summed E-state index contributed by atoms with van der Waals surface area (Å²) in [6, 6.07) is 18.5. The van der Waals surface area contributed by atoms with Crippen LogP contribution in [0.3, 0.4) is 0 Å². The summed E-state index contributed by atoms with van der Waals surface area (Å²) in [5, 5.41) is 3.68. The van der Waals surface area contributed by atoms with Crippen molar-refractivity contribution in [1.29, 1.82) is 0 Å². The molecule has 3 aromatic carbocycles. The summed E-state index contributed by atoms with van der Waals surface area (Å²) in [6.45, 7) is 0. The molecule has 70 valence electrons. The van der Waals surface area contributed by atoms with Crippen LogP contribution < -0.4 is 0 Å². The van der Waals surface area contributed by atoms with E-state index in [0.717, 1.165) is 16.2 Å². The summed E-state index contributed by atoms with van der Waals surface area (Å²) < 4.78 is 13.5. The molecule has 0 heterocycles. The van der Waals surface area contributed by atoms with E-state index >= 15 is 0 Å². The van der Waals surface area contributed by atoms with Crippen LogP contribution in [0.4, 0.5) is 4.39 Å². The highest BCUT2D eigenvalue weighted by atomic mass is 19.1. The fourth-order valence-electron chi connectivity index (χ4n) is 1.88. The summed E-state index contributed by atoms with van der Waals surface area (Å²) in [5.74, 6) is -0.290. The van der Waals surface area contributed by atoms with Gasteiger partial charge in [-0.3, -0.25) is 0 Å². The summed E-state index contributed by atoms with van der Waals surface area (Å²) in [6.07, 6.45) is 0. The van der Waals surface area contributed by atoms with Crippen LogP contribution in [0.1, 0.15) is 0 Å². The van der Waals surface area contributed by atoms with E-state index in [1.807, 2.05) is 30.3 Å². The lowest BCUT2D eigenvalue weighted by atomic mass is 10.0. The average Bonchev–Trinajstić information content (AvgIpc) is 2.29. The molecule has 0 aromatic heterocycles. The molecular formula is C14H7F. The number of benzene rings is 3. The van der Waals surface area contributed by atoms with Gasteiger partial charge in [0.25, 0.3) is 0 Å². The highest BCUT2D eigenvalue weighted by Crippen LogP contribution is 2.26. The molecule has 0 bridgehead atoms. The molecule has 0 atom stereocenters. The van der Waals surface area contributed by atoms with Crippen molar-refractivity contribution in [2.24, 2.45) is 0 Å². The number of hydrogen-bond acceptors (Lipinski definition) is 0. The maximum absolute atomic E-state index is 13.5. The molecule has 0 N–H and O–H groups in total. The quantitative estimate of drug-likeness (QED) is 0.478. The second-order valence-corrected chi connectivity index (χ2v) is 3.47. The minimum Gasteiger partial charge on any atom is -0.206 e. The van der Waals surface area contributed by atoms with E-state index < -0.39 is 0 Å². The number of fused-ring (bicyclic) bond motifs is 3. The molecule has 2 radical (unpaired) electrons. The molecule has 1 heteroatoms. The van der Waals surface area contributed by atoms with Crippen LogP contribution in [0, 0.1) is 17.9 Å². The van der Waals surface area contributed by atoms with E-state index in [4.69, 9.17) is 0 Å². The monoisotopic (exact) mass is 194 g/mol. The molecule has 3 rings (SSSR count). The zero-order valence-corrected chi connectivity index (χ0v) is 7.92. The minimum atomic E-state index is -0.290. The summed E-state index contributed by atoms with van der Waals surface area (Å²) >= 11 is 0. The van der Waals surface area contributed by atoms with Crippen LogP contribution in [0.5, 0.6) is 0 Å². The van der Waals surface area contributed by atoms with Crippen molar-refractivity contribution < 1.29 is 4.39 Å². The summed E-state index contributed by atoms with van der Waals surface area (Å²) in [4.78, 5) is 0. The van der Waals surface area contributed by atoms with Crippen molar-refractivity contribution in [3.8, 4) is 0 Å². The second-order valence-electron chi connectivity index (χ2n) is 3.47. The highest BCUT2D eigenvalue weighted by Gasteiger charge is 2.03. The Labute approximate surface area is 87.0 Å². The van der Waals surface area contributed by atoms with Gasteiger partial charge in [0, 0.05) is 11.5 Å². The predicted octanol–water partition coefficient (Wildman–Crippen LogP) is 3.73. The molecule has 3 aromatic rings. The lowest BCUT2D eigenvalue weighted by molar-refractivity contribution is 0.638. The maximum atomic E-state index is 13.5. The van der Waals surface area contributed by atoms with Crippen LogP contribution in [-0.2, 0) is 0 Å². The van der Waals surface area contributed by atoms with E-state index in [9.17, 15) is 4.39 Å². The summed E-state index contributed by atoms with van der Waals surface area (Å²) in [7, 11) is 0. The smallest absolute Gasteiger partial charge is 0.138 e. The van der Waals surface area contributed by atoms with Gasteiger partial charge in [-0.15, -0.1) is 0 Å². The third-order valence-corrected chi connectivity index (χ3v) is 2.60. The number of hydrogen-bond donors (Lipinski definition) is 0. The van der Waals surface area contributed by atoms with Gasteiger partial charge in [0.15, 0.2) is 0 Å². The normalized spacial score (nSPS) is 11.0. The molecule has 0 aliphatic rings. The number of rotatable bonds is 0. The fraction of sp³-hybridized carbons (Fsp3) is 0. The van der Waals surface area contributed by atoms with Crippen molar-refractivity contribution >= 4 is 21.5 Å². The topological polar surface area (TPSA) is 0 Å². The zero-order valence-electron chi connectivity index (χ0n) is 7.92. The van der Waals surface area contributed by atoms with Gasteiger partial charge >= 0.3 is 0 Å². The Kier molecular flexibility index (Phi) is 1.72. The Hall–Kier alpha value is -1.89. The Morgan fingerprint density at radius 2 is 1.73 bits per heavy atom. The Morgan fingerprint density at radius 3 is 2.67 bits per heavy atom. The van der Waals surface area contributed by atoms with E-state index in [0.29, 0.717) is 5.39 Å². The van der Waals surface area contributed by atoms with Gasteiger partial charge in [0.2, 0.25) is 0 Å². The van der Waals surface area contributed by atoms with Crippen LogP contribution in [0.25, 0.3) is 21.5 Å². The highest BCUT2D eigenvalue weighted by molar-refractivity contribution is 6.07. The van der Waals surface area contributed by atoms with Crippen LogP contribution in [0.2, 0.25) is 0 Å². The molecular weight excluding hydrogens is 187 g/mol. The molecule has 0 saturated heterocycles. The largest absolute Gasteiger partial charge is 0.206 e. The first-order chi connectivity index (χ1) is 7.36. The van der Waals surface area contributed by atoms with Gasteiger partial charge < -0.3 is 0 Å². The third kappa shape index (κ3) is 1.20. The average molecular weight is 194 g/mol. The van der Waals surface area contributed by atoms with Gasteiger partial charge in [-0.25, -0.2) is 4.39 Å². The lowest BCUT2D eigenvalue weighted by Gasteiger charge is -2.03. The molecule has 0 aliphatic heterocycles. The van der Waals surface area contributed by atoms with Crippen molar-refractivity contribution in [3.05, 3.63) is 60.4 Å². The first kappa shape index (κ1) is 8.42. The van der Waals surface area contributed by atoms with E-state index in [2.05, 4.69) is 12.1 Å². The van der Waals surface area contributed by atoms with E-state index in [-0.39, 0.29) is 5.82 Å². The predicted molar refractivity (Wildman–Crippen MR) is 59.1 cm³/mol. The molecule has 0 aliphatic carbocycles. The van der Waals surface area contributed by atoms with Crippen molar-refractivity contribution in [2.75, 3.05) is 0 Å². The SMILES string of the molecule is Fc1[c]ccc2c1ccc1c[c]ccc12. The second kappa shape index (κ2) is 3.06. The van der Waals surface area contributed by atoms with Gasteiger partial charge in [-0.2, -0.15) is 0 Å². The maximum Gasteiger partial charge on any atom is 0.138 e. The fourth-order valence-corrected chi connectivity index (χ4v) is 1.88. The Morgan fingerprint density at radius 1 is 0.867 bits per heavy atom. The van der Waals surface area contributed by atoms with Crippen molar-refractivity contribution in [3.63, 3.8) is 0 Å².